The Morgan fingerprint density at radius 1 is 1.18 bits per heavy atom. The van der Waals surface area contributed by atoms with E-state index in [2.05, 4.69) is 4.98 Å². The van der Waals surface area contributed by atoms with E-state index >= 15 is 0 Å². The first-order valence-corrected chi connectivity index (χ1v) is 6.89. The number of aromatic nitrogens is 1. The summed E-state index contributed by atoms with van der Waals surface area (Å²) in [7, 11) is 0. The summed E-state index contributed by atoms with van der Waals surface area (Å²) in [6, 6.07) is 8.45. The molecule has 2 heterocycles. The van der Waals surface area contributed by atoms with Crippen LogP contribution in [0.25, 0.3) is 16.5 Å². The van der Waals surface area contributed by atoms with Gasteiger partial charge in [0.15, 0.2) is 6.61 Å². The van der Waals surface area contributed by atoms with Gasteiger partial charge in [-0.3, -0.25) is 0 Å². The molecule has 0 aliphatic carbocycles. The van der Waals surface area contributed by atoms with Gasteiger partial charge in [0.2, 0.25) is 0 Å². The summed E-state index contributed by atoms with van der Waals surface area (Å²) in [5, 5.41) is 0.746. The monoisotopic (exact) mass is 309 g/mol. The fraction of sp³-hybridized carbons (Fsp3) is 0.312. The molecule has 0 N–H and O–H groups in total. The van der Waals surface area contributed by atoms with Gasteiger partial charge in [-0.2, -0.15) is 13.2 Å². The van der Waals surface area contributed by atoms with Gasteiger partial charge in [0.25, 0.3) is 0 Å². The van der Waals surface area contributed by atoms with Crippen LogP contribution < -0.4 is 4.74 Å². The molecule has 116 valence electrons. The Kier molecular flexibility index (Phi) is 4.02. The minimum absolute atomic E-state index is 0.185. The van der Waals surface area contributed by atoms with Crippen molar-refractivity contribution in [2.45, 2.75) is 12.6 Å². The van der Waals surface area contributed by atoms with Crippen LogP contribution in [0.1, 0.15) is 12.1 Å². The highest BCUT2D eigenvalue weighted by molar-refractivity contribution is 5.82. The van der Waals surface area contributed by atoms with Crippen LogP contribution in [0.2, 0.25) is 0 Å². The van der Waals surface area contributed by atoms with Crippen LogP contribution in [-0.2, 0) is 4.74 Å². The van der Waals surface area contributed by atoms with Crippen molar-refractivity contribution in [3.05, 3.63) is 42.1 Å². The molecule has 1 aliphatic heterocycles. The molecule has 1 aromatic heterocycles. The molecular formula is C16H14F3NO2. The average Bonchev–Trinajstić information content (AvgIpc) is 2.52. The number of rotatable bonds is 3. The molecule has 6 heteroatoms. The lowest BCUT2D eigenvalue weighted by Gasteiger charge is -2.14. The van der Waals surface area contributed by atoms with Crippen LogP contribution in [0.3, 0.4) is 0 Å². The Morgan fingerprint density at radius 2 is 2.05 bits per heavy atom. The molecule has 22 heavy (non-hydrogen) atoms. The number of alkyl halides is 3. The van der Waals surface area contributed by atoms with Crippen molar-refractivity contribution in [3.63, 3.8) is 0 Å². The largest absolute Gasteiger partial charge is 0.484 e. The third kappa shape index (κ3) is 3.57. The van der Waals surface area contributed by atoms with Crippen molar-refractivity contribution in [2.75, 3.05) is 19.8 Å². The molecule has 0 fully saturated rings. The summed E-state index contributed by atoms with van der Waals surface area (Å²) < 4.78 is 46.5. The zero-order valence-electron chi connectivity index (χ0n) is 11.7. The molecule has 3 nitrogen and oxygen atoms in total. The number of hydrogen-bond donors (Lipinski definition) is 0. The molecule has 2 aromatic rings. The number of fused-ring (bicyclic) bond motifs is 1. The van der Waals surface area contributed by atoms with Crippen LogP contribution in [0, 0.1) is 0 Å². The van der Waals surface area contributed by atoms with E-state index < -0.39 is 12.8 Å². The van der Waals surface area contributed by atoms with E-state index in [4.69, 9.17) is 9.47 Å². The molecule has 3 rings (SSSR count). The molecule has 0 bridgehead atoms. The minimum atomic E-state index is -4.34. The van der Waals surface area contributed by atoms with Gasteiger partial charge in [-0.15, -0.1) is 0 Å². The molecule has 0 spiro atoms. The predicted octanol–water partition coefficient (Wildman–Crippen LogP) is 3.98. The van der Waals surface area contributed by atoms with Crippen molar-refractivity contribution < 1.29 is 22.6 Å². The Labute approximate surface area is 125 Å². The van der Waals surface area contributed by atoms with Gasteiger partial charge in [-0.05, 0) is 36.3 Å². The first-order chi connectivity index (χ1) is 10.5. The van der Waals surface area contributed by atoms with E-state index in [9.17, 15) is 13.2 Å². The van der Waals surface area contributed by atoms with E-state index in [0.29, 0.717) is 13.2 Å². The summed E-state index contributed by atoms with van der Waals surface area (Å²) in [6.45, 7) is -0.0358. The number of nitrogens with zero attached hydrogens (tertiary/aromatic N) is 1. The van der Waals surface area contributed by atoms with Crippen LogP contribution in [0.5, 0.6) is 5.75 Å². The van der Waals surface area contributed by atoms with Crippen LogP contribution >= 0.6 is 0 Å². The number of pyridine rings is 1. The van der Waals surface area contributed by atoms with E-state index in [0.717, 1.165) is 28.6 Å². The molecule has 0 unspecified atom stereocenters. The SMILES string of the molecule is FC(F)(F)COc1ccc2nc(C3=CCOCC3)ccc2c1. The Morgan fingerprint density at radius 3 is 2.77 bits per heavy atom. The second kappa shape index (κ2) is 5.96. The number of halogens is 3. The van der Waals surface area contributed by atoms with Crippen LogP contribution in [0.15, 0.2) is 36.4 Å². The summed E-state index contributed by atoms with van der Waals surface area (Å²) >= 11 is 0. The van der Waals surface area contributed by atoms with Crippen LogP contribution in [-0.4, -0.2) is 31.0 Å². The van der Waals surface area contributed by atoms with E-state index in [1.165, 1.54) is 6.07 Å². The topological polar surface area (TPSA) is 31.4 Å². The van der Waals surface area contributed by atoms with Gasteiger partial charge in [0, 0.05) is 5.39 Å². The highest BCUT2D eigenvalue weighted by Gasteiger charge is 2.28. The minimum Gasteiger partial charge on any atom is -0.484 e. The Balaban J connectivity index is 1.83. The summed E-state index contributed by atoms with van der Waals surface area (Å²) in [4.78, 5) is 4.55. The van der Waals surface area contributed by atoms with Gasteiger partial charge in [-0.25, -0.2) is 4.98 Å². The van der Waals surface area contributed by atoms with Gasteiger partial charge < -0.3 is 9.47 Å². The molecular weight excluding hydrogens is 295 g/mol. The third-order valence-corrected chi connectivity index (χ3v) is 3.36. The van der Waals surface area contributed by atoms with Crippen molar-refractivity contribution in [1.29, 1.82) is 0 Å². The zero-order valence-corrected chi connectivity index (χ0v) is 11.7. The predicted molar refractivity (Wildman–Crippen MR) is 76.7 cm³/mol. The van der Waals surface area contributed by atoms with Gasteiger partial charge in [-0.1, -0.05) is 12.1 Å². The Bertz CT molecular complexity index is 710. The normalized spacial score (nSPS) is 15.7. The van der Waals surface area contributed by atoms with Crippen LogP contribution in [0.4, 0.5) is 13.2 Å². The second-order valence-electron chi connectivity index (χ2n) is 5.01. The average molecular weight is 309 g/mol. The molecule has 1 aromatic carbocycles. The fourth-order valence-electron chi connectivity index (χ4n) is 2.30. The van der Waals surface area contributed by atoms with Crippen molar-refractivity contribution in [1.82, 2.24) is 4.98 Å². The Hall–Kier alpha value is -2.08. The maximum Gasteiger partial charge on any atom is 0.422 e. The standard InChI is InChI=1S/C16H14F3NO2/c17-16(18,19)10-22-13-2-4-15-12(9-13)1-3-14(20-15)11-5-7-21-8-6-11/h1-5,9H,6-8,10H2. The molecule has 0 amide bonds. The zero-order chi connectivity index (χ0) is 15.6. The molecule has 0 saturated heterocycles. The van der Waals surface area contributed by atoms with Gasteiger partial charge >= 0.3 is 6.18 Å². The first-order valence-electron chi connectivity index (χ1n) is 6.89. The third-order valence-electron chi connectivity index (χ3n) is 3.36. The van der Waals surface area contributed by atoms with Crippen molar-refractivity contribution in [3.8, 4) is 5.75 Å². The highest BCUT2D eigenvalue weighted by atomic mass is 19.4. The number of benzene rings is 1. The summed E-state index contributed by atoms with van der Waals surface area (Å²) in [5.74, 6) is 0.185. The first kappa shape index (κ1) is 14.8. The highest BCUT2D eigenvalue weighted by Crippen LogP contribution is 2.25. The summed E-state index contributed by atoms with van der Waals surface area (Å²) in [5.41, 5.74) is 2.73. The number of ether oxygens (including phenoxy) is 2. The molecule has 0 atom stereocenters. The fourth-order valence-corrected chi connectivity index (χ4v) is 2.30. The lowest BCUT2D eigenvalue weighted by Crippen LogP contribution is -2.19. The second-order valence-corrected chi connectivity index (χ2v) is 5.01. The lowest BCUT2D eigenvalue weighted by atomic mass is 10.1. The molecule has 1 aliphatic rings. The van der Waals surface area contributed by atoms with Crippen molar-refractivity contribution in [2.24, 2.45) is 0 Å². The maximum absolute atomic E-state index is 12.2. The summed E-state index contributed by atoms with van der Waals surface area (Å²) in [6.07, 6.45) is -1.53. The van der Waals surface area contributed by atoms with E-state index in [-0.39, 0.29) is 5.75 Å². The molecule has 0 saturated carbocycles. The molecule has 0 radical (unpaired) electrons. The smallest absolute Gasteiger partial charge is 0.422 e. The van der Waals surface area contributed by atoms with E-state index in [1.54, 1.807) is 12.1 Å². The lowest BCUT2D eigenvalue weighted by molar-refractivity contribution is -0.153. The van der Waals surface area contributed by atoms with Gasteiger partial charge in [0.1, 0.15) is 5.75 Å². The number of hydrogen-bond acceptors (Lipinski definition) is 3. The van der Waals surface area contributed by atoms with Gasteiger partial charge in [0.05, 0.1) is 24.4 Å². The maximum atomic E-state index is 12.2. The van der Waals surface area contributed by atoms with E-state index in [1.807, 2.05) is 18.2 Å². The quantitative estimate of drug-likeness (QED) is 0.859. The van der Waals surface area contributed by atoms with Crippen molar-refractivity contribution >= 4 is 16.5 Å².